The van der Waals surface area contributed by atoms with Gasteiger partial charge in [0.2, 0.25) is 0 Å². The van der Waals surface area contributed by atoms with Gasteiger partial charge in [0.1, 0.15) is 7.14 Å². The first-order chi connectivity index (χ1) is 19.8. The Morgan fingerprint density at radius 3 is 1.17 bits per heavy atom. The van der Waals surface area contributed by atoms with Crippen molar-refractivity contribution in [3.05, 3.63) is 151 Å². The molecule has 0 spiro atoms. The highest BCUT2D eigenvalue weighted by Crippen LogP contribution is 2.63. The van der Waals surface area contributed by atoms with Gasteiger partial charge in [0.05, 0.1) is 11.6 Å². The predicted molar refractivity (Wildman–Crippen MR) is 180 cm³/mol. The zero-order valence-electron chi connectivity index (χ0n) is 24.4. The predicted octanol–water partition coefficient (Wildman–Crippen LogP) is 9.39. The van der Waals surface area contributed by atoms with E-state index in [4.69, 9.17) is 4.74 Å². The molecule has 0 aliphatic heterocycles. The smallest absolute Gasteiger partial charge is 0.149 e. The summed E-state index contributed by atoms with van der Waals surface area (Å²) < 4.78 is 21.7. The van der Waals surface area contributed by atoms with E-state index in [2.05, 4.69) is 107 Å². The molecule has 0 bridgehead atoms. The van der Waals surface area contributed by atoms with Crippen molar-refractivity contribution in [1.82, 2.24) is 0 Å². The van der Waals surface area contributed by atoms with Gasteiger partial charge in [-0.15, -0.1) is 0 Å². The van der Waals surface area contributed by atoms with Crippen molar-refractivity contribution >= 4 is 41.1 Å². The maximum Gasteiger partial charge on any atom is 0.149 e. The zero-order valence-corrected chi connectivity index (χ0v) is 26.2. The summed E-state index contributed by atoms with van der Waals surface area (Å²) in [4.78, 5) is 0. The van der Waals surface area contributed by atoms with Crippen LogP contribution in [0, 0.1) is 0 Å². The van der Waals surface area contributed by atoms with E-state index in [9.17, 15) is 0 Å². The van der Waals surface area contributed by atoms with Gasteiger partial charge in [0, 0.05) is 17.7 Å². The van der Waals surface area contributed by atoms with Crippen LogP contribution in [-0.2, 0) is 4.57 Å². The topological polar surface area (TPSA) is 29.4 Å². The Morgan fingerprint density at radius 2 is 0.829 bits per heavy atom. The summed E-state index contributed by atoms with van der Waals surface area (Å²) in [6, 6.07) is 47.9. The molecule has 0 fully saturated rings. The normalized spacial score (nSPS) is 12.0. The Balaban J connectivity index is 1.94. The first-order valence-corrected chi connectivity index (χ1v) is 18.2. The van der Waals surface area contributed by atoms with Crippen molar-refractivity contribution in [1.29, 1.82) is 0 Å². The van der Waals surface area contributed by atoms with Crippen LogP contribution in [0.2, 0.25) is 0 Å². The Kier molecular flexibility index (Phi) is 8.94. The average Bonchev–Trinajstić information content (AvgIpc) is 3.02. The molecule has 0 amide bonds. The Labute approximate surface area is 245 Å². The van der Waals surface area contributed by atoms with Gasteiger partial charge in [-0.2, -0.15) is 0 Å². The van der Waals surface area contributed by atoms with Gasteiger partial charge >= 0.3 is 0 Å². The van der Waals surface area contributed by atoms with Crippen molar-refractivity contribution in [3.8, 4) is 0 Å². The summed E-state index contributed by atoms with van der Waals surface area (Å²) in [6.45, 7) is 8.95. The molecule has 5 rings (SSSR count). The fourth-order valence-corrected chi connectivity index (χ4v) is 14.8. The lowest BCUT2D eigenvalue weighted by Crippen LogP contribution is -2.25. The summed E-state index contributed by atoms with van der Waals surface area (Å²) in [5, 5.41) is 4.04. The van der Waals surface area contributed by atoms with E-state index in [0.717, 1.165) is 26.9 Å². The monoisotopic (exact) mass is 575 g/mol. The van der Waals surface area contributed by atoms with Gasteiger partial charge in [-0.25, -0.2) is 0 Å². The second-order valence-corrected chi connectivity index (χ2v) is 17.6. The molecule has 0 aliphatic rings. The molecular formula is C37H39NOP2. The lowest BCUT2D eigenvalue weighted by Gasteiger charge is -2.32. The van der Waals surface area contributed by atoms with Crippen LogP contribution < -0.4 is 21.2 Å². The van der Waals surface area contributed by atoms with Gasteiger partial charge in [0.25, 0.3) is 0 Å². The van der Waals surface area contributed by atoms with Crippen molar-refractivity contribution < 1.29 is 4.57 Å². The van der Waals surface area contributed by atoms with Crippen LogP contribution in [0.3, 0.4) is 0 Å². The van der Waals surface area contributed by atoms with E-state index < -0.39 is 14.2 Å². The SMILES string of the molecule is CC(C)c1cccc(C(C)C)c1N=P(CP(=O)(c1ccccc1)c1ccccc1)(c1ccccc1)c1ccccc1. The minimum Gasteiger partial charge on any atom is -0.313 e. The maximum atomic E-state index is 15.8. The van der Waals surface area contributed by atoms with Crippen molar-refractivity contribution in [2.24, 2.45) is 4.74 Å². The third kappa shape index (κ3) is 5.97. The van der Waals surface area contributed by atoms with Crippen LogP contribution in [0.25, 0.3) is 0 Å². The quantitative estimate of drug-likeness (QED) is 0.161. The van der Waals surface area contributed by atoms with E-state index in [1.807, 2.05) is 60.7 Å². The molecule has 4 heteroatoms. The molecule has 5 aromatic carbocycles. The van der Waals surface area contributed by atoms with Gasteiger partial charge in [-0.05, 0) is 33.6 Å². The number of hydrogen-bond donors (Lipinski definition) is 0. The van der Waals surface area contributed by atoms with Crippen LogP contribution >= 0.6 is 14.2 Å². The third-order valence-electron chi connectivity index (χ3n) is 7.73. The summed E-state index contributed by atoms with van der Waals surface area (Å²) >= 11 is 0. The van der Waals surface area contributed by atoms with Crippen LogP contribution in [0.4, 0.5) is 5.69 Å². The molecule has 208 valence electrons. The number of benzene rings is 5. The molecule has 0 radical (unpaired) electrons. The van der Waals surface area contributed by atoms with Gasteiger partial charge in [-0.1, -0.05) is 167 Å². The standard InChI is InChI=1S/C37H39NOP2/c1-29(2)35-26-17-27-36(30(3)4)37(35)38-40(31-18-9-5-10-19-31,32-20-11-6-12-21-32)28-41(39,33-22-13-7-14-23-33)34-24-15-8-16-25-34/h5-27,29-30H,28H2,1-4H3. The summed E-state index contributed by atoms with van der Waals surface area (Å²) in [5.74, 6) is 1.04. The Bertz CT molecular complexity index is 1570. The van der Waals surface area contributed by atoms with Crippen LogP contribution in [0.1, 0.15) is 50.7 Å². The molecule has 0 heterocycles. The molecule has 0 saturated heterocycles. The second-order valence-electron chi connectivity index (χ2n) is 11.2. The fourth-order valence-electron chi connectivity index (χ4n) is 5.54. The largest absolute Gasteiger partial charge is 0.313 e. The van der Waals surface area contributed by atoms with Crippen LogP contribution in [0.5, 0.6) is 0 Å². The van der Waals surface area contributed by atoms with E-state index in [1.54, 1.807) is 0 Å². The van der Waals surface area contributed by atoms with Gasteiger partial charge < -0.3 is 4.57 Å². The van der Waals surface area contributed by atoms with Gasteiger partial charge in [-0.3, -0.25) is 4.74 Å². The molecule has 41 heavy (non-hydrogen) atoms. The minimum absolute atomic E-state index is 0.302. The van der Waals surface area contributed by atoms with Crippen LogP contribution in [0.15, 0.2) is 144 Å². The van der Waals surface area contributed by atoms with Gasteiger partial charge in [0.15, 0.2) is 0 Å². The molecule has 0 unspecified atom stereocenters. The molecule has 2 nitrogen and oxygen atoms in total. The lowest BCUT2D eigenvalue weighted by atomic mass is 9.93. The van der Waals surface area contributed by atoms with Crippen molar-refractivity contribution in [3.63, 3.8) is 0 Å². The Morgan fingerprint density at radius 1 is 0.488 bits per heavy atom. The molecule has 0 aliphatic carbocycles. The fraction of sp³-hybridized carbons (Fsp3) is 0.189. The first-order valence-electron chi connectivity index (χ1n) is 14.4. The average molecular weight is 576 g/mol. The number of rotatable bonds is 9. The highest BCUT2D eigenvalue weighted by atomic mass is 31.2. The molecular weight excluding hydrogens is 536 g/mol. The van der Waals surface area contributed by atoms with E-state index in [0.29, 0.717) is 17.7 Å². The summed E-state index contributed by atoms with van der Waals surface area (Å²) in [5.41, 5.74) is 3.54. The third-order valence-corrected chi connectivity index (χ3v) is 16.1. The molecule has 5 aromatic rings. The Hall–Kier alpha value is -3.44. The number of nitrogens with zero attached hydrogens (tertiary/aromatic N) is 1. The highest BCUT2D eigenvalue weighted by molar-refractivity contribution is 7.95. The summed E-state index contributed by atoms with van der Waals surface area (Å²) in [7, 11) is -5.78. The van der Waals surface area contributed by atoms with E-state index in [1.165, 1.54) is 11.1 Å². The van der Waals surface area contributed by atoms with Crippen molar-refractivity contribution in [2.75, 3.05) is 5.90 Å². The highest BCUT2D eigenvalue weighted by Gasteiger charge is 2.38. The summed E-state index contributed by atoms with van der Waals surface area (Å²) in [6.07, 6.45) is 0. The second kappa shape index (κ2) is 12.6. The molecule has 0 atom stereocenters. The zero-order chi connectivity index (χ0) is 28.9. The molecule has 0 saturated carbocycles. The van der Waals surface area contributed by atoms with Crippen LogP contribution in [-0.4, -0.2) is 5.90 Å². The molecule has 0 N–H and O–H groups in total. The van der Waals surface area contributed by atoms with E-state index in [-0.39, 0.29) is 0 Å². The lowest BCUT2D eigenvalue weighted by molar-refractivity contribution is 0.589. The first kappa shape index (κ1) is 29.1. The van der Waals surface area contributed by atoms with Crippen molar-refractivity contribution in [2.45, 2.75) is 39.5 Å². The number of hydrogen-bond acceptors (Lipinski definition) is 2. The van der Waals surface area contributed by atoms with E-state index >= 15 is 4.57 Å². The molecule has 0 aromatic heterocycles. The maximum absolute atomic E-state index is 15.8. The minimum atomic E-state index is -3.14.